The second kappa shape index (κ2) is 10.5. The van der Waals surface area contributed by atoms with Crippen LogP contribution in [0.4, 0.5) is 0 Å². The zero-order chi connectivity index (χ0) is 20.5. The summed E-state index contributed by atoms with van der Waals surface area (Å²) in [5, 5.41) is 5.72. The Kier molecular flexibility index (Phi) is 7.44. The van der Waals surface area contributed by atoms with Crippen LogP contribution in [0.5, 0.6) is 0 Å². The molecule has 7 heteroatoms. The lowest BCUT2D eigenvalue weighted by Gasteiger charge is -2.31. The number of piperidine rings is 1. The number of amides is 3. The summed E-state index contributed by atoms with van der Waals surface area (Å²) in [6.07, 6.45) is 3.91. The number of carbonyl (C=O) groups excluding carboxylic acids is 3. The average molecular weight is 397 g/mol. The molecule has 2 N–H and O–H groups in total. The number of furan rings is 1. The number of likely N-dealkylation sites (tertiary alicyclic amines) is 1. The van der Waals surface area contributed by atoms with Gasteiger partial charge >= 0.3 is 0 Å². The van der Waals surface area contributed by atoms with Crippen molar-refractivity contribution in [2.45, 2.75) is 32.2 Å². The lowest BCUT2D eigenvalue weighted by Crippen LogP contribution is -2.43. The summed E-state index contributed by atoms with van der Waals surface area (Å²) in [7, 11) is 0. The molecule has 1 aromatic heterocycles. The van der Waals surface area contributed by atoms with Crippen LogP contribution in [0.2, 0.25) is 0 Å². The molecule has 1 saturated heterocycles. The predicted octanol–water partition coefficient (Wildman–Crippen LogP) is 2.34. The molecule has 1 aliphatic heterocycles. The van der Waals surface area contributed by atoms with Gasteiger partial charge in [-0.1, -0.05) is 18.2 Å². The highest BCUT2D eigenvalue weighted by atomic mass is 16.3. The van der Waals surface area contributed by atoms with Crippen LogP contribution in [-0.2, 0) is 16.1 Å². The molecule has 3 amide bonds. The van der Waals surface area contributed by atoms with E-state index in [1.807, 2.05) is 29.2 Å². The fraction of sp³-hybridized carbons (Fsp3) is 0.409. The Morgan fingerprint density at radius 3 is 2.45 bits per heavy atom. The minimum absolute atomic E-state index is 0.0112. The summed E-state index contributed by atoms with van der Waals surface area (Å²) in [6, 6.07) is 12.6. The van der Waals surface area contributed by atoms with E-state index in [1.165, 1.54) is 0 Å². The van der Waals surface area contributed by atoms with E-state index in [2.05, 4.69) is 10.6 Å². The average Bonchev–Trinajstić information content (AvgIpc) is 3.29. The van der Waals surface area contributed by atoms with E-state index in [9.17, 15) is 14.4 Å². The van der Waals surface area contributed by atoms with Crippen molar-refractivity contribution < 1.29 is 18.8 Å². The Morgan fingerprint density at radius 2 is 1.76 bits per heavy atom. The summed E-state index contributed by atoms with van der Waals surface area (Å²) >= 11 is 0. The third kappa shape index (κ3) is 6.20. The topological polar surface area (TPSA) is 91.7 Å². The quantitative estimate of drug-likeness (QED) is 0.669. The van der Waals surface area contributed by atoms with Crippen LogP contribution in [0.1, 0.15) is 41.8 Å². The van der Waals surface area contributed by atoms with Gasteiger partial charge in [0.25, 0.3) is 5.91 Å². The Balaban J connectivity index is 1.30. The fourth-order valence-electron chi connectivity index (χ4n) is 3.41. The monoisotopic (exact) mass is 397 g/mol. The zero-order valence-corrected chi connectivity index (χ0v) is 16.4. The maximum Gasteiger partial charge on any atom is 0.251 e. The third-order valence-corrected chi connectivity index (χ3v) is 5.12. The van der Waals surface area contributed by atoms with Gasteiger partial charge in [-0.3, -0.25) is 14.4 Å². The van der Waals surface area contributed by atoms with Crippen molar-refractivity contribution >= 4 is 17.7 Å². The minimum atomic E-state index is -0.126. The second-order valence-electron chi connectivity index (χ2n) is 7.18. The number of nitrogens with zero attached hydrogens (tertiary/aromatic N) is 1. The van der Waals surface area contributed by atoms with Crippen molar-refractivity contribution in [1.29, 1.82) is 0 Å². The number of carbonyl (C=O) groups is 3. The molecule has 29 heavy (non-hydrogen) atoms. The van der Waals surface area contributed by atoms with E-state index in [4.69, 9.17) is 4.42 Å². The molecule has 0 saturated carbocycles. The summed E-state index contributed by atoms with van der Waals surface area (Å²) < 4.78 is 5.21. The van der Waals surface area contributed by atoms with Gasteiger partial charge in [-0.15, -0.1) is 0 Å². The first-order valence-corrected chi connectivity index (χ1v) is 10.0. The molecule has 0 aliphatic carbocycles. The van der Waals surface area contributed by atoms with Crippen molar-refractivity contribution in [2.24, 2.45) is 5.92 Å². The molecule has 1 fully saturated rings. The van der Waals surface area contributed by atoms with Gasteiger partial charge in [-0.05, 0) is 43.5 Å². The summed E-state index contributed by atoms with van der Waals surface area (Å²) in [4.78, 5) is 38.4. The summed E-state index contributed by atoms with van der Waals surface area (Å²) in [6.45, 7) is 2.03. The molecule has 7 nitrogen and oxygen atoms in total. The minimum Gasteiger partial charge on any atom is -0.467 e. The highest BCUT2D eigenvalue weighted by Gasteiger charge is 2.27. The third-order valence-electron chi connectivity index (χ3n) is 5.12. The van der Waals surface area contributed by atoms with E-state index in [1.54, 1.807) is 24.5 Å². The Labute approximate surface area is 170 Å². The lowest BCUT2D eigenvalue weighted by atomic mass is 9.95. The Bertz CT molecular complexity index is 797. The maximum absolute atomic E-state index is 12.4. The van der Waals surface area contributed by atoms with Gasteiger partial charge in [-0.2, -0.15) is 0 Å². The number of hydrogen-bond acceptors (Lipinski definition) is 4. The predicted molar refractivity (Wildman–Crippen MR) is 108 cm³/mol. The van der Waals surface area contributed by atoms with Gasteiger partial charge < -0.3 is 20.0 Å². The van der Waals surface area contributed by atoms with E-state index in [-0.39, 0.29) is 23.6 Å². The van der Waals surface area contributed by atoms with E-state index in [0.29, 0.717) is 57.4 Å². The first-order valence-electron chi connectivity index (χ1n) is 10.0. The molecule has 0 unspecified atom stereocenters. The number of hydrogen-bond donors (Lipinski definition) is 2. The Morgan fingerprint density at radius 1 is 1.00 bits per heavy atom. The van der Waals surface area contributed by atoms with Crippen molar-refractivity contribution in [3.05, 3.63) is 60.1 Å². The fourth-order valence-corrected chi connectivity index (χ4v) is 3.41. The first-order chi connectivity index (χ1) is 14.1. The van der Waals surface area contributed by atoms with Gasteiger partial charge in [0.1, 0.15) is 5.76 Å². The molecule has 3 rings (SSSR count). The molecule has 0 atom stereocenters. The van der Waals surface area contributed by atoms with Gasteiger partial charge in [-0.25, -0.2) is 0 Å². The molecule has 0 bridgehead atoms. The standard InChI is InChI=1S/C22H27N3O4/c26-20(9-4-12-23-21(27)17-6-2-1-3-7-17)25-13-10-18(11-14-25)22(28)24-16-19-8-5-15-29-19/h1-3,5-8,15,18H,4,9-14,16H2,(H,23,27)(H,24,28). The van der Waals surface area contributed by atoms with Crippen molar-refractivity contribution in [1.82, 2.24) is 15.5 Å². The highest BCUT2D eigenvalue weighted by Crippen LogP contribution is 2.18. The van der Waals surface area contributed by atoms with Crippen LogP contribution in [0.3, 0.4) is 0 Å². The summed E-state index contributed by atoms with van der Waals surface area (Å²) in [5.74, 6) is 0.620. The van der Waals surface area contributed by atoms with E-state index in [0.717, 1.165) is 5.76 Å². The maximum atomic E-state index is 12.4. The van der Waals surface area contributed by atoms with Crippen molar-refractivity contribution in [2.75, 3.05) is 19.6 Å². The summed E-state index contributed by atoms with van der Waals surface area (Å²) in [5.41, 5.74) is 0.617. The van der Waals surface area contributed by atoms with Crippen LogP contribution >= 0.6 is 0 Å². The molecule has 0 radical (unpaired) electrons. The Hall–Kier alpha value is -3.09. The van der Waals surface area contributed by atoms with Crippen LogP contribution < -0.4 is 10.6 Å². The smallest absolute Gasteiger partial charge is 0.251 e. The molecule has 1 aliphatic rings. The highest BCUT2D eigenvalue weighted by molar-refractivity contribution is 5.94. The van der Waals surface area contributed by atoms with Crippen LogP contribution in [0.15, 0.2) is 53.1 Å². The van der Waals surface area contributed by atoms with Crippen LogP contribution in [-0.4, -0.2) is 42.3 Å². The van der Waals surface area contributed by atoms with Gasteiger partial charge in [0.05, 0.1) is 12.8 Å². The number of nitrogens with one attached hydrogen (secondary N) is 2. The molecule has 0 spiro atoms. The number of benzene rings is 1. The molecule has 2 heterocycles. The van der Waals surface area contributed by atoms with Gasteiger partial charge in [0, 0.05) is 37.5 Å². The van der Waals surface area contributed by atoms with Gasteiger partial charge in [0.2, 0.25) is 11.8 Å². The van der Waals surface area contributed by atoms with Crippen LogP contribution in [0, 0.1) is 5.92 Å². The molecular formula is C22H27N3O4. The van der Waals surface area contributed by atoms with Gasteiger partial charge in [0.15, 0.2) is 0 Å². The first kappa shape index (κ1) is 20.6. The van der Waals surface area contributed by atoms with Crippen molar-refractivity contribution in [3.63, 3.8) is 0 Å². The lowest BCUT2D eigenvalue weighted by molar-refractivity contribution is -0.135. The van der Waals surface area contributed by atoms with E-state index < -0.39 is 0 Å². The van der Waals surface area contributed by atoms with Crippen LogP contribution in [0.25, 0.3) is 0 Å². The molecule has 154 valence electrons. The normalized spacial score (nSPS) is 14.4. The van der Waals surface area contributed by atoms with Crippen molar-refractivity contribution in [3.8, 4) is 0 Å². The molecular weight excluding hydrogens is 370 g/mol. The number of rotatable bonds is 8. The molecule has 1 aromatic carbocycles. The zero-order valence-electron chi connectivity index (χ0n) is 16.4. The largest absolute Gasteiger partial charge is 0.467 e. The molecule has 2 aromatic rings. The van der Waals surface area contributed by atoms with E-state index >= 15 is 0 Å². The second-order valence-corrected chi connectivity index (χ2v) is 7.18. The SMILES string of the molecule is O=C(NCCCC(=O)N1CCC(C(=O)NCc2ccco2)CC1)c1ccccc1.